The molecule has 9 rings (SSSR count). The van der Waals surface area contributed by atoms with Crippen molar-refractivity contribution in [2.75, 3.05) is 0 Å². The van der Waals surface area contributed by atoms with Gasteiger partial charge in [-0.15, -0.1) is 0 Å². The first-order valence-corrected chi connectivity index (χ1v) is 14.7. The number of para-hydroxylation sites is 4. The van der Waals surface area contributed by atoms with Crippen molar-refractivity contribution >= 4 is 33.0 Å². The number of hydrogen-bond acceptors (Lipinski definition) is 1. The predicted octanol–water partition coefficient (Wildman–Crippen LogP) is 9.53. The first-order chi connectivity index (χ1) is 27.0. The summed E-state index contributed by atoms with van der Waals surface area (Å²) in [5.74, 6) is 0. The smallest absolute Gasteiger partial charge is 0.269 e. The SMILES string of the molecule is [2H]c1c([2H])c([2H])c(-c2cccc(-c3c([2H])c([2H])c([2H])c([2H])c3[2H])c2-[n+]2[c-]n(-c3cccc(-n4c5ccccc5c5cccnc54)c3)c3ccccc32)c([2H])c1[2H]. The zero-order valence-corrected chi connectivity index (χ0v) is 24.2. The van der Waals surface area contributed by atoms with E-state index in [-0.39, 0.29) is 27.9 Å². The van der Waals surface area contributed by atoms with Gasteiger partial charge in [-0.2, -0.15) is 0 Å². The topological polar surface area (TPSA) is 26.6 Å². The summed E-state index contributed by atoms with van der Waals surface area (Å²) in [7, 11) is 0. The number of hydrogen-bond donors (Lipinski definition) is 0. The van der Waals surface area contributed by atoms with Gasteiger partial charge in [0.1, 0.15) is 5.65 Å². The largest absolute Gasteiger partial charge is 0.294 e. The summed E-state index contributed by atoms with van der Waals surface area (Å²) in [6.07, 6.45) is 5.21. The molecule has 0 amide bonds. The Labute approximate surface area is 280 Å². The van der Waals surface area contributed by atoms with Crippen LogP contribution in [0.5, 0.6) is 0 Å². The molecule has 4 nitrogen and oxygen atoms in total. The van der Waals surface area contributed by atoms with Crippen LogP contribution in [0.4, 0.5) is 0 Å². The Morgan fingerprint density at radius 2 is 1.22 bits per heavy atom. The second kappa shape index (κ2) is 10.7. The van der Waals surface area contributed by atoms with Crippen LogP contribution in [0.3, 0.4) is 0 Å². The summed E-state index contributed by atoms with van der Waals surface area (Å²) in [6, 6.07) is 27.1. The van der Waals surface area contributed by atoms with E-state index in [2.05, 4.69) is 17.0 Å². The lowest BCUT2D eigenvalue weighted by atomic mass is 9.95. The van der Waals surface area contributed by atoms with Crippen molar-refractivity contribution < 1.29 is 18.3 Å². The highest BCUT2D eigenvalue weighted by Crippen LogP contribution is 2.35. The molecule has 0 atom stereocenters. The maximum atomic E-state index is 8.93. The molecule has 0 spiro atoms. The summed E-state index contributed by atoms with van der Waals surface area (Å²) in [4.78, 5) is 4.74. The first kappa shape index (κ1) is 17.9. The van der Waals surface area contributed by atoms with Gasteiger partial charge in [0, 0.05) is 22.7 Å². The van der Waals surface area contributed by atoms with Gasteiger partial charge < -0.3 is 0 Å². The monoisotopic (exact) mass is 598 g/mol. The van der Waals surface area contributed by atoms with Gasteiger partial charge in [0.25, 0.3) is 6.33 Å². The molecule has 46 heavy (non-hydrogen) atoms. The van der Waals surface area contributed by atoms with E-state index >= 15 is 0 Å². The highest BCUT2D eigenvalue weighted by atomic mass is 15.1. The van der Waals surface area contributed by atoms with E-state index in [1.165, 1.54) is 0 Å². The number of fused-ring (bicyclic) bond motifs is 4. The highest BCUT2D eigenvalue weighted by molar-refractivity contribution is 6.07. The van der Waals surface area contributed by atoms with Crippen molar-refractivity contribution in [1.29, 1.82) is 0 Å². The lowest BCUT2D eigenvalue weighted by Gasteiger charge is -2.17. The van der Waals surface area contributed by atoms with Gasteiger partial charge in [0.2, 0.25) is 0 Å². The van der Waals surface area contributed by atoms with Crippen LogP contribution >= 0.6 is 0 Å². The molecule has 0 saturated carbocycles. The quantitative estimate of drug-likeness (QED) is 0.143. The Morgan fingerprint density at radius 1 is 0.587 bits per heavy atom. The average molecular weight is 599 g/mol. The number of pyridine rings is 1. The molecule has 0 aliphatic rings. The normalized spacial score (nSPS) is 14.5. The number of benzene rings is 6. The zero-order valence-electron chi connectivity index (χ0n) is 34.2. The fraction of sp³-hybridized carbons (Fsp3) is 0. The summed E-state index contributed by atoms with van der Waals surface area (Å²) in [5, 5.41) is 2.06. The van der Waals surface area contributed by atoms with Gasteiger partial charge in [-0.3, -0.25) is 13.7 Å². The Balaban J connectivity index is 1.37. The third-order valence-electron chi connectivity index (χ3n) is 8.14. The molecular weight excluding hydrogens is 560 g/mol. The third kappa shape index (κ3) is 4.15. The molecule has 0 bridgehead atoms. The Morgan fingerprint density at radius 3 is 1.98 bits per heavy atom. The number of aromatic nitrogens is 4. The maximum absolute atomic E-state index is 8.93. The molecule has 0 aliphatic heterocycles. The van der Waals surface area contributed by atoms with E-state index in [4.69, 9.17) is 18.7 Å². The van der Waals surface area contributed by atoms with E-state index in [1.54, 1.807) is 29.0 Å². The molecule has 216 valence electrons. The standard InChI is InChI=1S/C42H28N4/c1-3-14-30(15-4-1)34-21-12-22-35(31-16-5-2-6-17-31)41(34)45-29-44(39-25-9-10-26-40(39)45)32-18-11-19-33(28-32)46-38-24-8-7-20-36(38)37-23-13-27-43-42(37)46/h1-28H/i1D,2D,3D,4D,5D,6D,14D,15D,16D,17D. The van der Waals surface area contributed by atoms with Crippen molar-refractivity contribution in [3.05, 3.63) is 176 Å². The fourth-order valence-electron chi connectivity index (χ4n) is 6.20. The van der Waals surface area contributed by atoms with Gasteiger partial charge in [0.15, 0.2) is 0 Å². The van der Waals surface area contributed by atoms with E-state index in [9.17, 15) is 0 Å². The predicted molar refractivity (Wildman–Crippen MR) is 187 cm³/mol. The molecule has 4 heteroatoms. The van der Waals surface area contributed by atoms with Crippen molar-refractivity contribution in [2.24, 2.45) is 0 Å². The first-order valence-electron chi connectivity index (χ1n) is 19.7. The minimum atomic E-state index is -0.554. The summed E-state index contributed by atoms with van der Waals surface area (Å²) in [6.45, 7) is 0. The fourth-order valence-corrected chi connectivity index (χ4v) is 6.20. The second-order valence-electron chi connectivity index (χ2n) is 10.7. The van der Waals surface area contributed by atoms with Crippen molar-refractivity contribution in [2.45, 2.75) is 0 Å². The lowest BCUT2D eigenvalue weighted by molar-refractivity contribution is -0.571. The van der Waals surface area contributed by atoms with Crippen LogP contribution in [0.1, 0.15) is 13.7 Å². The van der Waals surface area contributed by atoms with Crippen molar-refractivity contribution in [3.63, 3.8) is 0 Å². The molecule has 0 fully saturated rings. The van der Waals surface area contributed by atoms with E-state index in [0.29, 0.717) is 16.7 Å². The molecule has 6 aromatic carbocycles. The van der Waals surface area contributed by atoms with E-state index in [1.807, 2.05) is 83.4 Å². The summed E-state index contributed by atoms with van der Waals surface area (Å²) < 4.78 is 91.8. The number of rotatable bonds is 5. The van der Waals surface area contributed by atoms with Gasteiger partial charge >= 0.3 is 0 Å². The van der Waals surface area contributed by atoms with Crippen LogP contribution in [0.2, 0.25) is 0 Å². The van der Waals surface area contributed by atoms with Gasteiger partial charge in [-0.1, -0.05) is 127 Å². The minimum Gasteiger partial charge on any atom is -0.294 e. The molecule has 9 aromatic rings. The number of imidazole rings is 1. The Kier molecular flexibility index (Phi) is 4.17. The van der Waals surface area contributed by atoms with E-state index in [0.717, 1.165) is 27.6 Å². The van der Waals surface area contributed by atoms with Gasteiger partial charge in [0.05, 0.1) is 41.6 Å². The van der Waals surface area contributed by atoms with Crippen molar-refractivity contribution in [3.8, 4) is 39.3 Å². The van der Waals surface area contributed by atoms with Crippen LogP contribution in [0.25, 0.3) is 72.3 Å². The highest BCUT2D eigenvalue weighted by Gasteiger charge is 2.20. The van der Waals surface area contributed by atoms with Crippen LogP contribution in [-0.2, 0) is 0 Å². The van der Waals surface area contributed by atoms with Gasteiger partial charge in [-0.25, -0.2) is 4.98 Å². The molecule has 0 radical (unpaired) electrons. The molecule has 0 N–H and O–H groups in total. The Hall–Kier alpha value is -6.26. The van der Waals surface area contributed by atoms with E-state index < -0.39 is 60.4 Å². The molecular formula is C42H28N4. The molecule has 0 saturated heterocycles. The van der Waals surface area contributed by atoms with Crippen LogP contribution in [0.15, 0.2) is 170 Å². The van der Waals surface area contributed by atoms with Crippen LogP contribution in [-0.4, -0.2) is 14.1 Å². The lowest BCUT2D eigenvalue weighted by Crippen LogP contribution is -2.31. The second-order valence-corrected chi connectivity index (χ2v) is 10.7. The van der Waals surface area contributed by atoms with Gasteiger partial charge in [-0.05, 0) is 58.7 Å². The van der Waals surface area contributed by atoms with Crippen LogP contribution in [0, 0.1) is 6.33 Å². The van der Waals surface area contributed by atoms with Crippen molar-refractivity contribution in [1.82, 2.24) is 14.1 Å². The minimum absolute atomic E-state index is 0.112. The average Bonchev–Trinajstić information content (AvgIpc) is 3.77. The maximum Gasteiger partial charge on any atom is 0.269 e. The molecule has 3 aromatic heterocycles. The zero-order chi connectivity index (χ0) is 39.2. The summed E-state index contributed by atoms with van der Waals surface area (Å²) in [5.41, 5.74) is 4.94. The number of nitrogens with zero attached hydrogens (tertiary/aromatic N) is 4. The molecule has 0 unspecified atom stereocenters. The van der Waals surface area contributed by atoms with Crippen LogP contribution < -0.4 is 4.57 Å². The molecule has 3 heterocycles. The summed E-state index contributed by atoms with van der Waals surface area (Å²) >= 11 is 0. The third-order valence-corrected chi connectivity index (χ3v) is 8.14. The molecule has 0 aliphatic carbocycles. The Bertz CT molecular complexity index is 2920.